The van der Waals surface area contributed by atoms with Crippen molar-refractivity contribution in [3.63, 3.8) is 0 Å². The molecule has 11 heterocycles. The van der Waals surface area contributed by atoms with Crippen molar-refractivity contribution < 1.29 is 0 Å². The first kappa shape index (κ1) is 81.3. The van der Waals surface area contributed by atoms with Crippen molar-refractivity contribution in [2.75, 3.05) is 0 Å². The summed E-state index contributed by atoms with van der Waals surface area (Å²) in [5.74, 6) is 1.30. The Balaban J connectivity index is 0.000000169. The van der Waals surface area contributed by atoms with Crippen molar-refractivity contribution >= 4 is 27.5 Å². The van der Waals surface area contributed by atoms with E-state index in [4.69, 9.17) is 25.3 Å². The monoisotopic (exact) mass is 1390 g/mol. The van der Waals surface area contributed by atoms with E-state index in [1.54, 1.807) is 27.7 Å². The van der Waals surface area contributed by atoms with Crippen molar-refractivity contribution in [3.8, 4) is 0 Å². The van der Waals surface area contributed by atoms with Crippen LogP contribution in [0.5, 0.6) is 0 Å². The van der Waals surface area contributed by atoms with Gasteiger partial charge < -0.3 is 4.57 Å². The third-order valence-corrected chi connectivity index (χ3v) is 19.5. The summed E-state index contributed by atoms with van der Waals surface area (Å²) in [6.07, 6.45) is 18.9. The lowest BCUT2D eigenvalue weighted by Crippen LogP contribution is -2.30. The first-order valence-corrected chi connectivity index (χ1v) is 38.6. The summed E-state index contributed by atoms with van der Waals surface area (Å²) in [6, 6.07) is 5.98. The van der Waals surface area contributed by atoms with Gasteiger partial charge in [0.25, 0.3) is 0 Å². The van der Waals surface area contributed by atoms with Gasteiger partial charge in [0.2, 0.25) is 0 Å². The van der Waals surface area contributed by atoms with Gasteiger partial charge in [-0.25, -0.2) is 19.5 Å². The Morgan fingerprint density at radius 1 is 0.400 bits per heavy atom. The minimum Gasteiger partial charge on any atom is -0.331 e. The number of fused-ring (bicyclic) bond motifs is 6. The van der Waals surface area contributed by atoms with E-state index in [1.165, 1.54) is 119 Å². The van der Waals surface area contributed by atoms with Crippen LogP contribution >= 0.6 is 11.3 Å². The van der Waals surface area contributed by atoms with Crippen LogP contribution in [0.1, 0.15) is 366 Å². The van der Waals surface area contributed by atoms with Gasteiger partial charge in [0.1, 0.15) is 5.82 Å². The Morgan fingerprint density at radius 2 is 0.910 bits per heavy atom. The largest absolute Gasteiger partial charge is 0.331 e. The van der Waals surface area contributed by atoms with E-state index in [-0.39, 0.29) is 65.1 Å². The Bertz CT molecular complexity index is 4030. The molecular formula is C85H138N14S. The van der Waals surface area contributed by atoms with Crippen LogP contribution in [0.25, 0.3) is 16.1 Å². The predicted octanol–water partition coefficient (Wildman–Crippen LogP) is 21.7. The SMILES string of the molecule is CC(C)(C)c1c2c(nn1C(C)(C)C)CCCC2.CC(C)(C)c1nc2n(c1C(C)(C)C)CCC2.CC(C)(C)c1nc2sccn2c1C(C)(C)C.CC(C)(C)c1nn2c(c1C(C)(C)C)CCCC2.CC(C)(C)c1nn2cccnc2c1C(C)(C)C.CC(C)(C)c1nn2ncccc2c1C(C)(C)C. The maximum absolute atomic E-state index is 4.91. The molecule has 0 radical (unpaired) electrons. The van der Waals surface area contributed by atoms with Crippen molar-refractivity contribution in [1.29, 1.82) is 0 Å². The fourth-order valence-electron chi connectivity index (χ4n) is 14.5. The number of hydrogen-bond donors (Lipinski definition) is 0. The van der Waals surface area contributed by atoms with E-state index in [1.807, 2.05) is 29.0 Å². The molecule has 0 unspecified atom stereocenters. The van der Waals surface area contributed by atoms with Gasteiger partial charge in [-0.05, 0) is 112 Å². The Hall–Kier alpha value is -5.96. The maximum atomic E-state index is 4.91. The average molecular weight is 1390 g/mol. The second-order valence-corrected chi connectivity index (χ2v) is 42.1. The molecule has 1 aliphatic carbocycles. The van der Waals surface area contributed by atoms with Crippen LogP contribution in [0.3, 0.4) is 0 Å². The van der Waals surface area contributed by atoms with Crippen LogP contribution in [0.4, 0.5) is 0 Å². The minimum absolute atomic E-state index is 0.0380. The van der Waals surface area contributed by atoms with Gasteiger partial charge in [-0.15, -0.1) is 11.3 Å². The highest BCUT2D eigenvalue weighted by Crippen LogP contribution is 2.42. The average Bonchev–Trinajstić information content (AvgIpc) is 1.65. The molecule has 0 atom stereocenters. The second kappa shape index (κ2) is 28.6. The number of imidazole rings is 2. The molecule has 554 valence electrons. The van der Waals surface area contributed by atoms with Gasteiger partial charge >= 0.3 is 0 Å². The molecule has 0 spiro atoms. The lowest BCUT2D eigenvalue weighted by atomic mass is 9.77. The van der Waals surface area contributed by atoms with E-state index in [0.29, 0.717) is 0 Å². The molecule has 14 nitrogen and oxygen atoms in total. The van der Waals surface area contributed by atoms with E-state index < -0.39 is 0 Å². The van der Waals surface area contributed by atoms with Gasteiger partial charge in [0.15, 0.2) is 10.6 Å². The molecule has 9 aromatic rings. The highest BCUT2D eigenvalue weighted by molar-refractivity contribution is 7.15. The van der Waals surface area contributed by atoms with Gasteiger partial charge in [-0.2, -0.15) is 30.1 Å². The Morgan fingerprint density at radius 3 is 1.43 bits per heavy atom. The molecule has 0 saturated heterocycles. The number of aromatic nitrogens is 14. The van der Waals surface area contributed by atoms with E-state index in [9.17, 15) is 0 Å². The lowest BCUT2D eigenvalue weighted by Gasteiger charge is -2.29. The van der Waals surface area contributed by atoms with Crippen LogP contribution in [0.2, 0.25) is 0 Å². The van der Waals surface area contributed by atoms with Gasteiger partial charge in [-0.3, -0.25) is 13.8 Å². The molecule has 2 aliphatic heterocycles. The van der Waals surface area contributed by atoms with Crippen LogP contribution < -0.4 is 0 Å². The standard InChI is InChI=1S/2C15H26N2.2C14H21N3.C14H24N2.C13H20N2S/c1-14(2,3)12-11-9-7-8-10-17(11)16-13(12)15(4,5)6;1-14(2,3)13-11-9-7-8-10-12(11)16-17(13)15(4,5)6;1-13(2,3)10-11(14(4,5)6)16-17-9-7-8-15-12(10)17;1-13(2,3)11-10-8-7-9-15-17(10)16-12(11)14(4,5)6;1-13(2,3)11-12(14(4,5)6)16-9-7-8-10(16)15-11;1-12(2,3)9-10(13(4,5)6)15-7-8-16-11(15)14-9/h2*7-10H2,1-6H3;2*7-9H,1-6H3;7-9H2,1-6H3;7-8H,1-6H3. The van der Waals surface area contributed by atoms with Crippen molar-refractivity contribution in [2.45, 2.75) is 385 Å². The number of rotatable bonds is 0. The summed E-state index contributed by atoms with van der Waals surface area (Å²) >= 11 is 1.71. The molecule has 0 N–H and O–H groups in total. The Kier molecular flexibility index (Phi) is 23.3. The second-order valence-electron chi connectivity index (χ2n) is 41.2. The van der Waals surface area contributed by atoms with E-state index in [0.717, 1.165) is 47.0 Å². The number of thiazole rings is 1. The predicted molar refractivity (Wildman–Crippen MR) is 424 cm³/mol. The fourth-order valence-corrected chi connectivity index (χ4v) is 15.2. The Labute approximate surface area is 610 Å². The van der Waals surface area contributed by atoms with Crippen molar-refractivity contribution in [3.05, 3.63) is 133 Å². The smallest absolute Gasteiger partial charge is 0.194 e. The quantitative estimate of drug-likeness (QED) is 0.147. The van der Waals surface area contributed by atoms with Crippen LogP contribution in [0, 0.1) is 0 Å². The molecule has 12 rings (SSSR count). The first-order valence-electron chi connectivity index (χ1n) is 37.7. The molecule has 0 amide bonds. The lowest BCUT2D eigenvalue weighted by molar-refractivity contribution is 0.320. The molecular weight excluding hydrogens is 1250 g/mol. The maximum Gasteiger partial charge on any atom is 0.194 e. The van der Waals surface area contributed by atoms with Gasteiger partial charge in [0, 0.05) is 127 Å². The summed E-state index contributed by atoms with van der Waals surface area (Å²) in [5, 5.41) is 25.6. The molecule has 0 saturated carbocycles. The van der Waals surface area contributed by atoms with Gasteiger partial charge in [-0.1, -0.05) is 228 Å². The summed E-state index contributed by atoms with van der Waals surface area (Å²) in [7, 11) is 0. The third-order valence-electron chi connectivity index (χ3n) is 18.7. The van der Waals surface area contributed by atoms with Crippen LogP contribution in [-0.2, 0) is 104 Å². The highest BCUT2D eigenvalue weighted by atomic mass is 32.1. The molecule has 0 aromatic carbocycles. The molecule has 100 heavy (non-hydrogen) atoms. The van der Waals surface area contributed by atoms with Crippen molar-refractivity contribution in [2.24, 2.45) is 0 Å². The topological polar surface area (TPSA) is 131 Å². The summed E-state index contributed by atoms with van der Waals surface area (Å²) in [6.45, 7) is 83.4. The number of hydrogen-bond acceptors (Lipinski definition) is 9. The molecule has 3 aliphatic rings. The fraction of sp³-hybridized carbons (Fsp3) is 0.694. The normalized spacial score (nSPS) is 15.2. The highest BCUT2D eigenvalue weighted by Gasteiger charge is 2.38. The molecule has 9 aromatic heterocycles. The summed E-state index contributed by atoms with van der Waals surface area (Å²) < 4.78 is 12.9. The molecule has 15 heteroatoms. The van der Waals surface area contributed by atoms with Crippen LogP contribution in [0.15, 0.2) is 48.4 Å². The molecule has 0 fully saturated rings. The van der Waals surface area contributed by atoms with E-state index >= 15 is 0 Å². The first-order chi connectivity index (χ1) is 45.3. The summed E-state index contributed by atoms with van der Waals surface area (Å²) in [4.78, 5) is 15.3. The minimum atomic E-state index is 0.0380. The number of nitrogens with zero attached hydrogens (tertiary/aromatic N) is 14. The van der Waals surface area contributed by atoms with Crippen LogP contribution in [-0.4, -0.2) is 67.9 Å². The van der Waals surface area contributed by atoms with E-state index in [2.05, 4.69) is 300 Å². The van der Waals surface area contributed by atoms with Gasteiger partial charge in [0.05, 0.1) is 50.9 Å². The zero-order valence-corrected chi connectivity index (χ0v) is 70.9. The van der Waals surface area contributed by atoms with Crippen molar-refractivity contribution in [1.82, 2.24) is 67.9 Å². The number of aryl methyl sites for hydroxylation is 3. The third kappa shape index (κ3) is 18.7. The molecule has 0 bridgehead atoms. The zero-order valence-electron chi connectivity index (χ0n) is 70.1. The summed E-state index contributed by atoms with van der Waals surface area (Å²) in [5.41, 5.74) is 22.3. The zero-order chi connectivity index (χ0) is 75.7.